The van der Waals surface area contributed by atoms with Gasteiger partial charge in [-0.2, -0.15) is 13.2 Å². The number of carbonyl (C=O) groups is 2. The molecule has 0 radical (unpaired) electrons. The molecule has 1 amide bonds. The summed E-state index contributed by atoms with van der Waals surface area (Å²) in [6.07, 6.45) is -1.62. The number of halogens is 3. The van der Waals surface area contributed by atoms with Gasteiger partial charge in [0.25, 0.3) is 5.91 Å². The van der Waals surface area contributed by atoms with E-state index in [0.29, 0.717) is 11.6 Å². The van der Waals surface area contributed by atoms with Crippen molar-refractivity contribution in [3.63, 3.8) is 0 Å². The summed E-state index contributed by atoms with van der Waals surface area (Å²) >= 11 is 0. The highest BCUT2D eigenvalue weighted by molar-refractivity contribution is 6.08. The van der Waals surface area contributed by atoms with Crippen LogP contribution in [0, 0.1) is 0 Å². The van der Waals surface area contributed by atoms with E-state index in [9.17, 15) is 27.9 Å². The van der Waals surface area contributed by atoms with Gasteiger partial charge in [0.05, 0.1) is 16.7 Å². The first-order valence-electron chi connectivity index (χ1n) is 9.47. The number of pyridine rings is 1. The van der Waals surface area contributed by atoms with Gasteiger partial charge in [-0.15, -0.1) is 0 Å². The van der Waals surface area contributed by atoms with Gasteiger partial charge in [0.15, 0.2) is 0 Å². The fourth-order valence-electron chi connectivity index (χ4n) is 3.22. The molecule has 2 N–H and O–H groups in total. The molecule has 0 aliphatic heterocycles. The molecule has 2 aromatic heterocycles. The minimum atomic E-state index is -4.62. The average Bonchev–Trinajstić information content (AvgIpc) is 3.22. The zero-order valence-corrected chi connectivity index (χ0v) is 16.6. The smallest absolute Gasteiger partial charge is 0.416 e. The summed E-state index contributed by atoms with van der Waals surface area (Å²) in [7, 11) is 0. The predicted octanol–water partition coefficient (Wildman–Crippen LogP) is 5.37. The summed E-state index contributed by atoms with van der Waals surface area (Å²) in [6, 6.07) is 13.2. The number of aromatic carboxylic acids is 1. The molecule has 0 unspecified atom stereocenters. The van der Waals surface area contributed by atoms with Crippen LogP contribution in [-0.4, -0.2) is 27.1 Å². The monoisotopic (exact) mass is 453 g/mol. The molecule has 0 bridgehead atoms. The van der Waals surface area contributed by atoms with Crippen LogP contribution < -0.4 is 5.32 Å². The standard InChI is InChI=1S/C23H14F3N3O4/c24-23(25,26)15-7-3-5-13(11-15)20(30)28-21-18(16-8-1-2-9-17(16)22(31)32)19(29-33-21)14-6-4-10-27-12-14/h1-12H,(H,28,30)(H,31,32). The van der Waals surface area contributed by atoms with Gasteiger partial charge in [-0.05, 0) is 36.4 Å². The molecule has 0 spiro atoms. The molecule has 2 aromatic carbocycles. The van der Waals surface area contributed by atoms with Crippen molar-refractivity contribution < 1.29 is 32.4 Å². The van der Waals surface area contributed by atoms with Crippen LogP contribution in [0.1, 0.15) is 26.3 Å². The summed E-state index contributed by atoms with van der Waals surface area (Å²) in [5, 5.41) is 16.0. The van der Waals surface area contributed by atoms with E-state index in [1.807, 2.05) is 0 Å². The summed E-state index contributed by atoms with van der Waals surface area (Å²) in [5.74, 6) is -2.33. The van der Waals surface area contributed by atoms with E-state index in [0.717, 1.165) is 12.1 Å². The van der Waals surface area contributed by atoms with Crippen LogP contribution >= 0.6 is 0 Å². The number of carboxylic acids is 1. The molecule has 0 aliphatic carbocycles. The van der Waals surface area contributed by atoms with E-state index >= 15 is 0 Å². The molecule has 7 nitrogen and oxygen atoms in total. The van der Waals surface area contributed by atoms with Crippen LogP contribution in [0.2, 0.25) is 0 Å². The molecule has 0 aliphatic rings. The van der Waals surface area contributed by atoms with Gasteiger partial charge in [-0.25, -0.2) is 4.79 Å². The molecule has 4 rings (SSSR count). The number of carbonyl (C=O) groups excluding carboxylic acids is 1. The third-order valence-corrected chi connectivity index (χ3v) is 4.73. The predicted molar refractivity (Wildman–Crippen MR) is 112 cm³/mol. The van der Waals surface area contributed by atoms with Crippen molar-refractivity contribution in [2.45, 2.75) is 6.18 Å². The molecule has 33 heavy (non-hydrogen) atoms. The Labute approximate surface area is 184 Å². The lowest BCUT2D eigenvalue weighted by atomic mass is 9.97. The topological polar surface area (TPSA) is 105 Å². The molecule has 0 saturated carbocycles. The Morgan fingerprint density at radius 1 is 1.00 bits per heavy atom. The number of hydrogen-bond donors (Lipinski definition) is 2. The van der Waals surface area contributed by atoms with Gasteiger partial charge in [-0.1, -0.05) is 29.4 Å². The van der Waals surface area contributed by atoms with Crippen molar-refractivity contribution in [3.8, 4) is 22.4 Å². The Morgan fingerprint density at radius 3 is 2.48 bits per heavy atom. The quantitative estimate of drug-likeness (QED) is 0.421. The minimum Gasteiger partial charge on any atom is -0.478 e. The molecular weight excluding hydrogens is 439 g/mol. The van der Waals surface area contributed by atoms with Gasteiger partial charge in [-0.3, -0.25) is 15.1 Å². The molecule has 2 heterocycles. The van der Waals surface area contributed by atoms with E-state index in [4.69, 9.17) is 4.52 Å². The van der Waals surface area contributed by atoms with Crippen LogP contribution in [0.5, 0.6) is 0 Å². The zero-order chi connectivity index (χ0) is 23.6. The molecular formula is C23H14F3N3O4. The highest BCUT2D eigenvalue weighted by atomic mass is 19.4. The van der Waals surface area contributed by atoms with E-state index in [2.05, 4.69) is 15.5 Å². The number of nitrogens with one attached hydrogen (secondary N) is 1. The van der Waals surface area contributed by atoms with Crippen LogP contribution in [0.4, 0.5) is 19.1 Å². The maximum atomic E-state index is 13.0. The zero-order valence-electron chi connectivity index (χ0n) is 16.6. The highest BCUT2D eigenvalue weighted by Crippen LogP contribution is 2.39. The van der Waals surface area contributed by atoms with Gasteiger partial charge >= 0.3 is 12.1 Å². The number of nitrogens with zero attached hydrogens (tertiary/aromatic N) is 2. The molecule has 0 fully saturated rings. The van der Waals surface area contributed by atoms with E-state index < -0.39 is 23.6 Å². The lowest BCUT2D eigenvalue weighted by Gasteiger charge is -2.10. The van der Waals surface area contributed by atoms with Crippen LogP contribution in [0.25, 0.3) is 22.4 Å². The van der Waals surface area contributed by atoms with Gasteiger partial charge in [0.2, 0.25) is 5.88 Å². The fraction of sp³-hybridized carbons (Fsp3) is 0.0435. The van der Waals surface area contributed by atoms with Crippen LogP contribution in [0.15, 0.2) is 77.6 Å². The van der Waals surface area contributed by atoms with Crippen LogP contribution in [0.3, 0.4) is 0 Å². The number of alkyl halides is 3. The molecule has 4 aromatic rings. The third kappa shape index (κ3) is 4.45. The number of anilines is 1. The van der Waals surface area contributed by atoms with Crippen molar-refractivity contribution >= 4 is 17.8 Å². The second-order valence-electron chi connectivity index (χ2n) is 6.86. The second kappa shape index (κ2) is 8.58. The summed E-state index contributed by atoms with van der Waals surface area (Å²) in [4.78, 5) is 28.6. The van der Waals surface area contributed by atoms with Gasteiger partial charge < -0.3 is 9.63 Å². The summed E-state index contributed by atoms with van der Waals surface area (Å²) in [6.45, 7) is 0. The molecule has 166 valence electrons. The maximum Gasteiger partial charge on any atom is 0.416 e. The first kappa shape index (κ1) is 21.8. The van der Waals surface area contributed by atoms with Gasteiger partial charge in [0.1, 0.15) is 5.69 Å². The number of aromatic nitrogens is 2. The molecule has 10 heteroatoms. The Hall–Kier alpha value is -4.47. The second-order valence-corrected chi connectivity index (χ2v) is 6.86. The first-order valence-corrected chi connectivity index (χ1v) is 9.47. The van der Waals surface area contributed by atoms with E-state index in [1.54, 1.807) is 18.2 Å². The van der Waals surface area contributed by atoms with Crippen molar-refractivity contribution in [2.75, 3.05) is 5.32 Å². The Kier molecular flexibility index (Phi) is 5.65. The number of carboxylic acid groups (broad SMARTS) is 1. The van der Waals surface area contributed by atoms with Crippen molar-refractivity contribution in [1.29, 1.82) is 0 Å². The SMILES string of the molecule is O=C(Nc1onc(-c2cccnc2)c1-c1ccccc1C(=O)O)c1cccc(C(F)(F)F)c1. The normalized spacial score (nSPS) is 11.2. The lowest BCUT2D eigenvalue weighted by molar-refractivity contribution is -0.137. The Morgan fingerprint density at radius 2 is 1.79 bits per heavy atom. The Balaban J connectivity index is 1.81. The van der Waals surface area contributed by atoms with Crippen molar-refractivity contribution in [3.05, 3.63) is 89.7 Å². The lowest BCUT2D eigenvalue weighted by Crippen LogP contribution is -2.14. The third-order valence-electron chi connectivity index (χ3n) is 4.73. The fourth-order valence-corrected chi connectivity index (χ4v) is 3.22. The minimum absolute atomic E-state index is 0.0830. The average molecular weight is 453 g/mol. The Bertz CT molecular complexity index is 1330. The summed E-state index contributed by atoms with van der Waals surface area (Å²) in [5.41, 5.74) is -0.292. The number of rotatable bonds is 5. The largest absolute Gasteiger partial charge is 0.478 e. The number of amides is 1. The number of hydrogen-bond acceptors (Lipinski definition) is 5. The van der Waals surface area contributed by atoms with Crippen LogP contribution in [-0.2, 0) is 6.18 Å². The van der Waals surface area contributed by atoms with Crippen molar-refractivity contribution in [2.24, 2.45) is 0 Å². The first-order chi connectivity index (χ1) is 15.8. The molecule has 0 atom stereocenters. The van der Waals surface area contributed by atoms with E-state index in [1.165, 1.54) is 36.7 Å². The molecule has 0 saturated heterocycles. The maximum absolute atomic E-state index is 13.0. The van der Waals surface area contributed by atoms with E-state index in [-0.39, 0.29) is 33.8 Å². The number of benzene rings is 2. The highest BCUT2D eigenvalue weighted by Gasteiger charge is 2.31. The van der Waals surface area contributed by atoms with Crippen molar-refractivity contribution in [1.82, 2.24) is 10.1 Å². The summed E-state index contributed by atoms with van der Waals surface area (Å²) < 4.78 is 44.4. The van der Waals surface area contributed by atoms with Gasteiger partial charge in [0, 0.05) is 29.1 Å².